The predicted molar refractivity (Wildman–Crippen MR) is 94.7 cm³/mol. The highest BCUT2D eigenvalue weighted by Crippen LogP contribution is 2.43. The van der Waals surface area contributed by atoms with Crippen LogP contribution in [0.25, 0.3) is 0 Å². The monoisotopic (exact) mass is 338 g/mol. The summed E-state index contributed by atoms with van der Waals surface area (Å²) in [6, 6.07) is 13.4. The lowest BCUT2D eigenvalue weighted by Gasteiger charge is -2.23. The largest absolute Gasteiger partial charge is 0.486 e. The molecule has 25 heavy (non-hydrogen) atoms. The fourth-order valence-corrected chi connectivity index (χ4v) is 3.17. The Balaban J connectivity index is 1.54. The van der Waals surface area contributed by atoms with Crippen molar-refractivity contribution in [2.45, 2.75) is 25.4 Å². The average molecular weight is 338 g/mol. The summed E-state index contributed by atoms with van der Waals surface area (Å²) in [6.07, 6.45) is 2.26. The molecule has 1 amide bonds. The molecule has 0 radical (unpaired) electrons. The second kappa shape index (κ2) is 6.76. The minimum Gasteiger partial charge on any atom is -0.486 e. The SMILES string of the molecule is NCc1ccc(C(=O)NC(c2ccc3c(c2)OCCO3)C2CC2)cc1. The van der Waals surface area contributed by atoms with Gasteiger partial charge in [-0.2, -0.15) is 0 Å². The first-order chi connectivity index (χ1) is 12.2. The molecule has 2 aliphatic rings. The summed E-state index contributed by atoms with van der Waals surface area (Å²) >= 11 is 0. The summed E-state index contributed by atoms with van der Waals surface area (Å²) in [6.45, 7) is 1.61. The Morgan fingerprint density at radius 2 is 1.80 bits per heavy atom. The van der Waals surface area contributed by atoms with Gasteiger partial charge in [-0.15, -0.1) is 0 Å². The number of benzene rings is 2. The van der Waals surface area contributed by atoms with Crippen LogP contribution in [-0.2, 0) is 6.54 Å². The van der Waals surface area contributed by atoms with Crippen LogP contribution in [0, 0.1) is 5.92 Å². The van der Waals surface area contributed by atoms with Crippen molar-refractivity contribution >= 4 is 5.91 Å². The number of carbonyl (C=O) groups is 1. The van der Waals surface area contributed by atoms with E-state index in [-0.39, 0.29) is 11.9 Å². The molecule has 2 aromatic carbocycles. The van der Waals surface area contributed by atoms with Gasteiger partial charge in [0.05, 0.1) is 6.04 Å². The zero-order valence-electron chi connectivity index (χ0n) is 14.0. The van der Waals surface area contributed by atoms with Gasteiger partial charge in [0.2, 0.25) is 0 Å². The Bertz CT molecular complexity index is 769. The first-order valence-corrected chi connectivity index (χ1v) is 8.74. The Labute approximate surface area is 147 Å². The van der Waals surface area contributed by atoms with Crippen molar-refractivity contribution in [1.82, 2.24) is 5.32 Å². The van der Waals surface area contributed by atoms with Crippen molar-refractivity contribution in [3.05, 3.63) is 59.2 Å². The molecule has 4 rings (SSSR count). The molecule has 2 aromatic rings. The van der Waals surface area contributed by atoms with Gasteiger partial charge < -0.3 is 20.5 Å². The van der Waals surface area contributed by atoms with Crippen molar-refractivity contribution in [3.63, 3.8) is 0 Å². The maximum atomic E-state index is 12.7. The van der Waals surface area contributed by atoms with Crippen LogP contribution in [0.2, 0.25) is 0 Å². The predicted octanol–water partition coefficient (Wildman–Crippen LogP) is 2.80. The first-order valence-electron chi connectivity index (χ1n) is 8.74. The van der Waals surface area contributed by atoms with Gasteiger partial charge in [0.25, 0.3) is 5.91 Å². The van der Waals surface area contributed by atoms with Crippen LogP contribution in [-0.4, -0.2) is 19.1 Å². The number of hydrogen-bond acceptors (Lipinski definition) is 4. The van der Waals surface area contributed by atoms with E-state index >= 15 is 0 Å². The Hall–Kier alpha value is -2.53. The molecule has 1 fully saturated rings. The van der Waals surface area contributed by atoms with E-state index in [0.29, 0.717) is 31.2 Å². The summed E-state index contributed by atoms with van der Waals surface area (Å²) in [5, 5.41) is 3.19. The number of rotatable bonds is 5. The molecule has 1 unspecified atom stereocenters. The number of amides is 1. The van der Waals surface area contributed by atoms with E-state index < -0.39 is 0 Å². The van der Waals surface area contributed by atoms with Crippen molar-refractivity contribution in [3.8, 4) is 11.5 Å². The standard InChI is InChI=1S/C20H22N2O3/c21-12-13-1-3-15(4-2-13)20(23)22-19(14-5-6-14)16-7-8-17-18(11-16)25-10-9-24-17/h1-4,7-8,11,14,19H,5-6,9-10,12,21H2,(H,22,23). The normalized spacial score (nSPS) is 17.0. The molecular formula is C20H22N2O3. The van der Waals surface area contributed by atoms with Crippen molar-refractivity contribution in [1.29, 1.82) is 0 Å². The maximum Gasteiger partial charge on any atom is 0.251 e. The molecule has 0 bridgehead atoms. The van der Waals surface area contributed by atoms with E-state index in [1.165, 1.54) is 0 Å². The summed E-state index contributed by atoms with van der Waals surface area (Å²) in [5.74, 6) is 1.95. The van der Waals surface area contributed by atoms with E-state index in [4.69, 9.17) is 15.2 Å². The third-order valence-electron chi connectivity index (χ3n) is 4.76. The molecule has 0 aromatic heterocycles. The Kier molecular flexibility index (Phi) is 4.32. The molecule has 1 saturated carbocycles. The molecule has 1 heterocycles. The highest BCUT2D eigenvalue weighted by molar-refractivity contribution is 5.94. The van der Waals surface area contributed by atoms with Crippen molar-refractivity contribution in [2.75, 3.05) is 13.2 Å². The molecule has 1 aliphatic carbocycles. The van der Waals surface area contributed by atoms with Gasteiger partial charge in [-0.25, -0.2) is 0 Å². The number of fused-ring (bicyclic) bond motifs is 1. The van der Waals surface area contributed by atoms with Gasteiger partial charge in [0, 0.05) is 12.1 Å². The molecule has 3 N–H and O–H groups in total. The minimum absolute atomic E-state index is 0.00230. The van der Waals surface area contributed by atoms with Crippen molar-refractivity contribution in [2.24, 2.45) is 11.7 Å². The van der Waals surface area contributed by atoms with E-state index in [1.54, 1.807) is 0 Å². The van der Waals surface area contributed by atoms with Crippen LogP contribution < -0.4 is 20.5 Å². The average Bonchev–Trinajstić information content (AvgIpc) is 3.50. The zero-order valence-corrected chi connectivity index (χ0v) is 14.0. The topological polar surface area (TPSA) is 73.6 Å². The number of nitrogens with two attached hydrogens (primary N) is 1. The van der Waals surface area contributed by atoms with Gasteiger partial charge in [-0.1, -0.05) is 18.2 Å². The smallest absolute Gasteiger partial charge is 0.251 e. The van der Waals surface area contributed by atoms with Crippen LogP contribution in [0.4, 0.5) is 0 Å². The highest BCUT2D eigenvalue weighted by Gasteiger charge is 2.34. The van der Waals surface area contributed by atoms with Crippen molar-refractivity contribution < 1.29 is 14.3 Å². The lowest BCUT2D eigenvalue weighted by Crippen LogP contribution is -2.30. The molecule has 5 heteroatoms. The van der Waals surface area contributed by atoms with Gasteiger partial charge in [0.1, 0.15) is 13.2 Å². The zero-order chi connectivity index (χ0) is 17.2. The number of hydrogen-bond donors (Lipinski definition) is 2. The fourth-order valence-electron chi connectivity index (χ4n) is 3.17. The van der Waals surface area contributed by atoms with E-state index in [0.717, 1.165) is 35.5 Å². The highest BCUT2D eigenvalue weighted by atomic mass is 16.6. The van der Waals surface area contributed by atoms with E-state index in [2.05, 4.69) is 5.32 Å². The lowest BCUT2D eigenvalue weighted by atomic mass is 10.0. The summed E-state index contributed by atoms with van der Waals surface area (Å²) in [5.41, 5.74) is 8.35. The third-order valence-corrected chi connectivity index (χ3v) is 4.76. The van der Waals surface area contributed by atoms with Gasteiger partial charge in [0.15, 0.2) is 11.5 Å². The molecule has 1 atom stereocenters. The second-order valence-electron chi connectivity index (χ2n) is 6.59. The second-order valence-corrected chi connectivity index (χ2v) is 6.59. The summed E-state index contributed by atoms with van der Waals surface area (Å²) < 4.78 is 11.3. The number of nitrogens with one attached hydrogen (secondary N) is 1. The van der Waals surface area contributed by atoms with Gasteiger partial charge >= 0.3 is 0 Å². The summed E-state index contributed by atoms with van der Waals surface area (Å²) in [4.78, 5) is 12.7. The first kappa shape index (κ1) is 16.0. The quantitative estimate of drug-likeness (QED) is 0.879. The maximum absolute atomic E-state index is 12.7. The molecule has 5 nitrogen and oxygen atoms in total. The van der Waals surface area contributed by atoms with Crippen LogP contribution in [0.1, 0.15) is 40.4 Å². The van der Waals surface area contributed by atoms with Gasteiger partial charge in [-0.05, 0) is 54.2 Å². The Morgan fingerprint density at radius 3 is 2.48 bits per heavy atom. The van der Waals surface area contributed by atoms with Crippen LogP contribution >= 0.6 is 0 Å². The molecule has 1 aliphatic heterocycles. The van der Waals surface area contributed by atoms with Crippen LogP contribution in [0.5, 0.6) is 11.5 Å². The third kappa shape index (κ3) is 3.46. The Morgan fingerprint density at radius 1 is 1.08 bits per heavy atom. The van der Waals surface area contributed by atoms with E-state index in [1.807, 2.05) is 42.5 Å². The number of ether oxygens (including phenoxy) is 2. The molecule has 130 valence electrons. The number of carbonyl (C=O) groups excluding carboxylic acids is 1. The molecule has 0 saturated heterocycles. The van der Waals surface area contributed by atoms with Crippen LogP contribution in [0.3, 0.4) is 0 Å². The molecular weight excluding hydrogens is 316 g/mol. The minimum atomic E-state index is -0.0599. The fraction of sp³-hybridized carbons (Fsp3) is 0.350. The summed E-state index contributed by atoms with van der Waals surface area (Å²) in [7, 11) is 0. The molecule has 0 spiro atoms. The van der Waals surface area contributed by atoms with Crippen LogP contribution in [0.15, 0.2) is 42.5 Å². The lowest BCUT2D eigenvalue weighted by molar-refractivity contribution is 0.0931. The van der Waals surface area contributed by atoms with E-state index in [9.17, 15) is 4.79 Å². The van der Waals surface area contributed by atoms with Gasteiger partial charge in [-0.3, -0.25) is 4.79 Å².